The van der Waals surface area contributed by atoms with Gasteiger partial charge >= 0.3 is 0 Å². The second-order valence-electron chi connectivity index (χ2n) is 3.46. The van der Waals surface area contributed by atoms with Gasteiger partial charge in [0.2, 0.25) is 0 Å². The molecule has 0 bridgehead atoms. The first-order chi connectivity index (χ1) is 5.41. The van der Waals surface area contributed by atoms with Crippen molar-refractivity contribution >= 4 is 24.8 Å². The van der Waals surface area contributed by atoms with Crippen molar-refractivity contribution in [3.63, 3.8) is 0 Å². The van der Waals surface area contributed by atoms with Gasteiger partial charge in [-0.25, -0.2) is 0 Å². The van der Waals surface area contributed by atoms with E-state index in [9.17, 15) is 0 Å². The summed E-state index contributed by atoms with van der Waals surface area (Å²) < 4.78 is 5.80. The third-order valence-corrected chi connectivity index (χ3v) is 2.65. The van der Waals surface area contributed by atoms with Crippen LogP contribution < -0.4 is 10.6 Å². The Morgan fingerprint density at radius 3 is 2.15 bits per heavy atom. The number of nitrogens with one attached hydrogen (secondary N) is 2. The van der Waals surface area contributed by atoms with E-state index in [1.165, 1.54) is 12.8 Å². The highest BCUT2D eigenvalue weighted by molar-refractivity contribution is 5.85. The fourth-order valence-electron chi connectivity index (χ4n) is 1.91. The van der Waals surface area contributed by atoms with E-state index in [1.807, 2.05) is 0 Å². The quantitative estimate of drug-likeness (QED) is 0.637. The summed E-state index contributed by atoms with van der Waals surface area (Å²) in [5, 5.41) is 6.74. The molecule has 0 aromatic heterocycles. The number of hydrogen-bond acceptors (Lipinski definition) is 3. The van der Waals surface area contributed by atoms with E-state index in [0.29, 0.717) is 0 Å². The molecular weight excluding hydrogens is 211 g/mol. The van der Waals surface area contributed by atoms with E-state index < -0.39 is 0 Å². The van der Waals surface area contributed by atoms with E-state index in [2.05, 4.69) is 10.6 Å². The van der Waals surface area contributed by atoms with Gasteiger partial charge in [-0.1, -0.05) is 0 Å². The molecule has 2 aliphatic rings. The minimum atomic E-state index is 0. The SMILES string of the molecule is C1CC2(CCN1)CNCCO2.Cl.Cl. The molecule has 2 N–H and O–H groups in total. The summed E-state index contributed by atoms with van der Waals surface area (Å²) in [6.45, 7) is 5.19. The van der Waals surface area contributed by atoms with Crippen molar-refractivity contribution in [2.75, 3.05) is 32.8 Å². The summed E-state index contributed by atoms with van der Waals surface area (Å²) in [4.78, 5) is 0. The smallest absolute Gasteiger partial charge is 0.0831 e. The molecular formula is C8H18Cl2N2O. The van der Waals surface area contributed by atoms with Crippen LogP contribution in [-0.4, -0.2) is 38.4 Å². The van der Waals surface area contributed by atoms with Crippen LogP contribution in [0.25, 0.3) is 0 Å². The van der Waals surface area contributed by atoms with Crippen LogP contribution in [0, 0.1) is 0 Å². The Bertz CT molecular complexity index is 115. The fraction of sp³-hybridized carbons (Fsp3) is 1.00. The minimum Gasteiger partial charge on any atom is -0.372 e. The van der Waals surface area contributed by atoms with Crippen LogP contribution >= 0.6 is 24.8 Å². The van der Waals surface area contributed by atoms with Gasteiger partial charge in [0.1, 0.15) is 0 Å². The van der Waals surface area contributed by atoms with Crippen molar-refractivity contribution in [1.82, 2.24) is 10.6 Å². The maximum absolute atomic E-state index is 5.80. The molecule has 2 rings (SSSR count). The van der Waals surface area contributed by atoms with Crippen LogP contribution in [-0.2, 0) is 4.74 Å². The number of piperidine rings is 1. The molecule has 1 spiro atoms. The Labute approximate surface area is 91.8 Å². The van der Waals surface area contributed by atoms with E-state index >= 15 is 0 Å². The van der Waals surface area contributed by atoms with Gasteiger partial charge in [0.25, 0.3) is 0 Å². The van der Waals surface area contributed by atoms with Crippen LogP contribution in [0.15, 0.2) is 0 Å². The summed E-state index contributed by atoms with van der Waals surface area (Å²) in [5.74, 6) is 0. The molecule has 0 aromatic rings. The molecule has 0 aromatic carbocycles. The molecule has 80 valence electrons. The second-order valence-corrected chi connectivity index (χ2v) is 3.46. The monoisotopic (exact) mass is 228 g/mol. The second kappa shape index (κ2) is 6.04. The Kier molecular flexibility index (Phi) is 6.25. The summed E-state index contributed by atoms with van der Waals surface area (Å²) in [5.41, 5.74) is 0.184. The van der Waals surface area contributed by atoms with Crippen molar-refractivity contribution in [3.8, 4) is 0 Å². The van der Waals surface area contributed by atoms with Crippen molar-refractivity contribution in [1.29, 1.82) is 0 Å². The van der Waals surface area contributed by atoms with E-state index in [0.717, 1.165) is 32.8 Å². The highest BCUT2D eigenvalue weighted by atomic mass is 35.5. The topological polar surface area (TPSA) is 33.3 Å². The Morgan fingerprint density at radius 1 is 0.923 bits per heavy atom. The van der Waals surface area contributed by atoms with Gasteiger partial charge in [0.15, 0.2) is 0 Å². The van der Waals surface area contributed by atoms with Crippen molar-refractivity contribution in [3.05, 3.63) is 0 Å². The van der Waals surface area contributed by atoms with Crippen LogP contribution in [0.4, 0.5) is 0 Å². The molecule has 3 nitrogen and oxygen atoms in total. The fourth-order valence-corrected chi connectivity index (χ4v) is 1.91. The predicted molar refractivity (Wildman–Crippen MR) is 58.2 cm³/mol. The Morgan fingerprint density at radius 2 is 1.62 bits per heavy atom. The van der Waals surface area contributed by atoms with Crippen molar-refractivity contribution in [2.24, 2.45) is 0 Å². The van der Waals surface area contributed by atoms with Gasteiger partial charge in [-0.3, -0.25) is 0 Å². The van der Waals surface area contributed by atoms with Gasteiger partial charge in [0, 0.05) is 13.1 Å². The van der Waals surface area contributed by atoms with Crippen LogP contribution in [0.5, 0.6) is 0 Å². The Balaban J connectivity index is 0.000000720. The lowest BCUT2D eigenvalue weighted by Crippen LogP contribution is -2.54. The van der Waals surface area contributed by atoms with Gasteiger partial charge in [-0.05, 0) is 25.9 Å². The molecule has 2 fully saturated rings. The molecule has 0 amide bonds. The zero-order chi connectivity index (χ0) is 7.57. The molecule has 0 atom stereocenters. The summed E-state index contributed by atoms with van der Waals surface area (Å²) in [6, 6.07) is 0. The lowest BCUT2D eigenvalue weighted by Gasteiger charge is -2.40. The normalized spacial score (nSPS) is 25.8. The lowest BCUT2D eigenvalue weighted by atomic mass is 9.91. The summed E-state index contributed by atoms with van der Waals surface area (Å²) >= 11 is 0. The zero-order valence-electron chi connectivity index (χ0n) is 7.67. The Hall–Kier alpha value is 0.460. The van der Waals surface area contributed by atoms with Crippen LogP contribution in [0.3, 0.4) is 0 Å². The molecule has 2 aliphatic heterocycles. The largest absolute Gasteiger partial charge is 0.372 e. The number of hydrogen-bond donors (Lipinski definition) is 2. The molecule has 0 unspecified atom stereocenters. The maximum atomic E-state index is 5.80. The number of halogens is 2. The molecule has 13 heavy (non-hydrogen) atoms. The molecule has 2 heterocycles. The minimum absolute atomic E-state index is 0. The third kappa shape index (κ3) is 3.26. The molecule has 0 aliphatic carbocycles. The molecule has 0 radical (unpaired) electrons. The number of ether oxygens (including phenoxy) is 1. The molecule has 5 heteroatoms. The number of morpholine rings is 1. The first-order valence-corrected chi connectivity index (χ1v) is 4.47. The predicted octanol–water partition coefficient (Wildman–Crippen LogP) is 0.572. The molecule has 2 saturated heterocycles. The van der Waals surface area contributed by atoms with Crippen molar-refractivity contribution < 1.29 is 4.74 Å². The summed E-state index contributed by atoms with van der Waals surface area (Å²) in [7, 11) is 0. The van der Waals surface area contributed by atoms with Gasteiger partial charge in [-0.15, -0.1) is 24.8 Å². The van der Waals surface area contributed by atoms with Crippen molar-refractivity contribution in [2.45, 2.75) is 18.4 Å². The average molecular weight is 229 g/mol. The first kappa shape index (κ1) is 13.5. The van der Waals surface area contributed by atoms with Gasteiger partial charge in [0.05, 0.1) is 12.2 Å². The van der Waals surface area contributed by atoms with E-state index in [-0.39, 0.29) is 30.4 Å². The highest BCUT2D eigenvalue weighted by Crippen LogP contribution is 2.23. The lowest BCUT2D eigenvalue weighted by molar-refractivity contribution is -0.0832. The maximum Gasteiger partial charge on any atom is 0.0831 e. The first-order valence-electron chi connectivity index (χ1n) is 4.47. The average Bonchev–Trinajstić information content (AvgIpc) is 2.07. The van der Waals surface area contributed by atoms with Crippen LogP contribution in [0.1, 0.15) is 12.8 Å². The number of rotatable bonds is 0. The zero-order valence-corrected chi connectivity index (χ0v) is 9.31. The van der Waals surface area contributed by atoms with E-state index in [4.69, 9.17) is 4.74 Å². The molecule has 0 saturated carbocycles. The van der Waals surface area contributed by atoms with E-state index in [1.54, 1.807) is 0 Å². The summed E-state index contributed by atoms with van der Waals surface area (Å²) in [6.07, 6.45) is 2.33. The third-order valence-electron chi connectivity index (χ3n) is 2.65. The van der Waals surface area contributed by atoms with Crippen LogP contribution in [0.2, 0.25) is 0 Å². The highest BCUT2D eigenvalue weighted by Gasteiger charge is 2.34. The standard InChI is InChI=1S/C8H16N2O.2ClH/c1-3-9-4-2-8(1)7-10-5-6-11-8;;/h9-10H,1-7H2;2*1H. The van der Waals surface area contributed by atoms with Gasteiger partial charge in [-0.2, -0.15) is 0 Å². The van der Waals surface area contributed by atoms with Gasteiger partial charge < -0.3 is 15.4 Å².